The van der Waals surface area contributed by atoms with Gasteiger partial charge in [0.2, 0.25) is 0 Å². The van der Waals surface area contributed by atoms with Crippen molar-refractivity contribution >= 4 is 11.8 Å². The summed E-state index contributed by atoms with van der Waals surface area (Å²) in [4.78, 5) is 2.80. The van der Waals surface area contributed by atoms with Crippen molar-refractivity contribution < 1.29 is 0 Å². The molecule has 2 aliphatic rings. The summed E-state index contributed by atoms with van der Waals surface area (Å²) in [6, 6.07) is 1.52. The standard InChI is InChI=1S/C15H30N2S/c1-2-18-11-9-14(12-16)17-10-5-7-13-6-3-4-8-15(13)17/h13-15H,2-12,16H2,1H3. The first-order chi connectivity index (χ1) is 8.86. The zero-order valence-corrected chi connectivity index (χ0v) is 12.8. The highest BCUT2D eigenvalue weighted by Crippen LogP contribution is 2.36. The van der Waals surface area contributed by atoms with Crippen LogP contribution < -0.4 is 5.73 Å². The highest BCUT2D eigenvalue weighted by Gasteiger charge is 2.35. The van der Waals surface area contributed by atoms with Gasteiger partial charge in [0, 0.05) is 18.6 Å². The molecule has 1 saturated carbocycles. The van der Waals surface area contributed by atoms with E-state index in [4.69, 9.17) is 5.73 Å². The first kappa shape index (κ1) is 14.7. The lowest BCUT2D eigenvalue weighted by molar-refractivity contribution is 0.0274. The highest BCUT2D eigenvalue weighted by atomic mass is 32.2. The summed E-state index contributed by atoms with van der Waals surface area (Å²) < 4.78 is 0. The Morgan fingerprint density at radius 3 is 2.78 bits per heavy atom. The number of nitrogens with zero attached hydrogens (tertiary/aromatic N) is 1. The van der Waals surface area contributed by atoms with E-state index in [2.05, 4.69) is 23.6 Å². The van der Waals surface area contributed by atoms with Crippen molar-refractivity contribution in [3.63, 3.8) is 0 Å². The van der Waals surface area contributed by atoms with Crippen LogP contribution in [0.15, 0.2) is 0 Å². The minimum atomic E-state index is 0.648. The largest absolute Gasteiger partial charge is 0.329 e. The van der Waals surface area contributed by atoms with Crippen LogP contribution in [-0.2, 0) is 0 Å². The summed E-state index contributed by atoms with van der Waals surface area (Å²) in [5, 5.41) is 0. The van der Waals surface area contributed by atoms with Crippen LogP contribution in [0.25, 0.3) is 0 Å². The molecule has 2 fully saturated rings. The molecule has 18 heavy (non-hydrogen) atoms. The van der Waals surface area contributed by atoms with E-state index in [1.54, 1.807) is 0 Å². The lowest BCUT2D eigenvalue weighted by Gasteiger charge is -2.47. The number of fused-ring (bicyclic) bond motifs is 1. The van der Waals surface area contributed by atoms with Gasteiger partial charge >= 0.3 is 0 Å². The molecular weight excluding hydrogens is 240 g/mol. The number of likely N-dealkylation sites (tertiary alicyclic amines) is 1. The summed E-state index contributed by atoms with van der Waals surface area (Å²) in [6.07, 6.45) is 9.98. The van der Waals surface area contributed by atoms with Gasteiger partial charge in [0.05, 0.1) is 0 Å². The molecule has 1 aliphatic heterocycles. The molecule has 1 heterocycles. The molecule has 0 aromatic rings. The topological polar surface area (TPSA) is 29.3 Å². The summed E-state index contributed by atoms with van der Waals surface area (Å²) in [5.41, 5.74) is 6.06. The summed E-state index contributed by atoms with van der Waals surface area (Å²) in [7, 11) is 0. The molecule has 0 aromatic carbocycles. The maximum absolute atomic E-state index is 6.06. The third kappa shape index (κ3) is 3.64. The molecule has 0 spiro atoms. The fraction of sp³-hybridized carbons (Fsp3) is 1.00. The van der Waals surface area contributed by atoms with E-state index in [9.17, 15) is 0 Å². The molecule has 1 saturated heterocycles. The molecule has 3 heteroatoms. The molecule has 2 N–H and O–H groups in total. The van der Waals surface area contributed by atoms with Gasteiger partial charge in [-0.15, -0.1) is 0 Å². The van der Waals surface area contributed by atoms with E-state index in [-0.39, 0.29) is 0 Å². The van der Waals surface area contributed by atoms with Crippen molar-refractivity contribution in [3.05, 3.63) is 0 Å². The van der Waals surface area contributed by atoms with Crippen molar-refractivity contribution in [2.75, 3.05) is 24.6 Å². The molecule has 3 atom stereocenters. The predicted octanol–water partition coefficient (Wildman–Crippen LogP) is 3.11. The fourth-order valence-electron chi connectivity index (χ4n) is 3.90. The van der Waals surface area contributed by atoms with Crippen LogP contribution in [0.1, 0.15) is 51.9 Å². The number of piperidine rings is 1. The van der Waals surface area contributed by atoms with E-state index in [0.29, 0.717) is 6.04 Å². The third-order valence-electron chi connectivity index (χ3n) is 4.83. The number of hydrogen-bond acceptors (Lipinski definition) is 3. The van der Waals surface area contributed by atoms with Gasteiger partial charge in [0.1, 0.15) is 0 Å². The van der Waals surface area contributed by atoms with Crippen LogP contribution in [0.3, 0.4) is 0 Å². The van der Waals surface area contributed by atoms with Gasteiger partial charge < -0.3 is 5.73 Å². The second-order valence-electron chi connectivity index (χ2n) is 5.87. The van der Waals surface area contributed by atoms with E-state index in [1.807, 2.05) is 0 Å². The fourth-order valence-corrected chi connectivity index (χ4v) is 4.63. The van der Waals surface area contributed by atoms with Crippen molar-refractivity contribution in [3.8, 4) is 0 Å². The van der Waals surface area contributed by atoms with Gasteiger partial charge in [-0.2, -0.15) is 11.8 Å². The van der Waals surface area contributed by atoms with E-state index in [0.717, 1.165) is 18.5 Å². The number of hydrogen-bond donors (Lipinski definition) is 1. The zero-order chi connectivity index (χ0) is 12.8. The van der Waals surface area contributed by atoms with Gasteiger partial charge in [0.15, 0.2) is 0 Å². The Bertz CT molecular complexity index is 233. The normalized spacial score (nSPS) is 31.0. The highest BCUT2D eigenvalue weighted by molar-refractivity contribution is 7.99. The Morgan fingerprint density at radius 1 is 1.22 bits per heavy atom. The van der Waals surface area contributed by atoms with Gasteiger partial charge in [-0.25, -0.2) is 0 Å². The first-order valence-electron chi connectivity index (χ1n) is 7.90. The zero-order valence-electron chi connectivity index (χ0n) is 11.9. The van der Waals surface area contributed by atoms with Crippen LogP contribution in [-0.4, -0.2) is 41.6 Å². The van der Waals surface area contributed by atoms with Crippen molar-refractivity contribution in [2.45, 2.75) is 64.0 Å². The SMILES string of the molecule is CCSCCC(CN)N1CCCC2CCCCC21. The lowest BCUT2D eigenvalue weighted by atomic mass is 9.77. The molecule has 106 valence electrons. The molecule has 2 rings (SSSR count). The summed E-state index contributed by atoms with van der Waals surface area (Å²) >= 11 is 2.06. The van der Waals surface area contributed by atoms with E-state index < -0.39 is 0 Å². The second-order valence-corrected chi connectivity index (χ2v) is 7.26. The Hall–Kier alpha value is 0.270. The van der Waals surface area contributed by atoms with Crippen LogP contribution in [0, 0.1) is 5.92 Å². The maximum atomic E-state index is 6.06. The Labute approximate surface area is 117 Å². The maximum Gasteiger partial charge on any atom is 0.0229 e. The molecule has 0 radical (unpaired) electrons. The van der Waals surface area contributed by atoms with Crippen LogP contribution >= 0.6 is 11.8 Å². The Balaban J connectivity index is 1.90. The van der Waals surface area contributed by atoms with E-state index in [1.165, 1.54) is 63.0 Å². The summed E-state index contributed by atoms with van der Waals surface area (Å²) in [6.45, 7) is 4.41. The minimum Gasteiger partial charge on any atom is -0.329 e. The van der Waals surface area contributed by atoms with Crippen LogP contribution in [0.5, 0.6) is 0 Å². The molecule has 0 bridgehead atoms. The number of nitrogens with two attached hydrogens (primary N) is 1. The molecule has 0 aromatic heterocycles. The monoisotopic (exact) mass is 270 g/mol. The predicted molar refractivity (Wildman–Crippen MR) is 82.1 cm³/mol. The molecule has 0 amide bonds. The summed E-state index contributed by atoms with van der Waals surface area (Å²) in [5.74, 6) is 3.51. The van der Waals surface area contributed by atoms with Crippen molar-refractivity contribution in [2.24, 2.45) is 11.7 Å². The lowest BCUT2D eigenvalue weighted by Crippen LogP contribution is -2.53. The molecule has 2 nitrogen and oxygen atoms in total. The van der Waals surface area contributed by atoms with Crippen molar-refractivity contribution in [1.82, 2.24) is 4.90 Å². The van der Waals surface area contributed by atoms with Crippen molar-refractivity contribution in [1.29, 1.82) is 0 Å². The minimum absolute atomic E-state index is 0.648. The Morgan fingerprint density at radius 2 is 2.00 bits per heavy atom. The van der Waals surface area contributed by atoms with Crippen LogP contribution in [0.2, 0.25) is 0 Å². The second kappa shape index (κ2) is 7.76. The Kier molecular flexibility index (Phi) is 6.33. The number of thioether (sulfide) groups is 1. The van der Waals surface area contributed by atoms with Gasteiger partial charge in [-0.1, -0.05) is 19.8 Å². The van der Waals surface area contributed by atoms with Gasteiger partial charge in [-0.3, -0.25) is 4.90 Å². The van der Waals surface area contributed by atoms with E-state index >= 15 is 0 Å². The first-order valence-corrected chi connectivity index (χ1v) is 9.05. The van der Waals surface area contributed by atoms with Crippen LogP contribution in [0.4, 0.5) is 0 Å². The number of rotatable bonds is 6. The molecule has 3 unspecified atom stereocenters. The molecular formula is C15H30N2S. The average molecular weight is 270 g/mol. The average Bonchev–Trinajstić information content (AvgIpc) is 2.43. The smallest absolute Gasteiger partial charge is 0.0229 e. The third-order valence-corrected chi connectivity index (χ3v) is 5.76. The van der Waals surface area contributed by atoms with Gasteiger partial charge in [0.25, 0.3) is 0 Å². The van der Waals surface area contributed by atoms with Gasteiger partial charge in [-0.05, 0) is 56.1 Å². The molecule has 1 aliphatic carbocycles. The quantitative estimate of drug-likeness (QED) is 0.752.